The van der Waals surface area contributed by atoms with Crippen molar-refractivity contribution in [1.82, 2.24) is 0 Å². The Labute approximate surface area is 182 Å². The fourth-order valence-electron chi connectivity index (χ4n) is 8.04. The molecule has 4 aliphatic heterocycles. The van der Waals surface area contributed by atoms with Crippen molar-refractivity contribution in [1.29, 1.82) is 0 Å². The van der Waals surface area contributed by atoms with Gasteiger partial charge < -0.3 is 23.7 Å². The van der Waals surface area contributed by atoms with Crippen molar-refractivity contribution in [3.8, 4) is 0 Å². The lowest BCUT2D eigenvalue weighted by molar-refractivity contribution is -0.166. The van der Waals surface area contributed by atoms with Crippen LogP contribution in [0.3, 0.4) is 0 Å². The Kier molecular flexibility index (Phi) is 3.10. The van der Waals surface area contributed by atoms with E-state index < -0.39 is 22.9 Å². The highest BCUT2D eigenvalue weighted by Crippen LogP contribution is 2.83. The summed E-state index contributed by atoms with van der Waals surface area (Å²) in [7, 11) is 0. The molecule has 0 bridgehead atoms. The van der Waals surface area contributed by atoms with Crippen LogP contribution in [0, 0.1) is 17.3 Å². The minimum atomic E-state index is -0.721. The number of rotatable bonds is 2. The molecule has 2 spiro atoms. The van der Waals surface area contributed by atoms with Crippen molar-refractivity contribution in [3.63, 3.8) is 0 Å². The van der Waals surface area contributed by atoms with E-state index in [1.807, 2.05) is 0 Å². The van der Waals surface area contributed by atoms with Gasteiger partial charge in [0.1, 0.15) is 36.1 Å². The average molecular weight is 481 g/mol. The predicted molar refractivity (Wildman–Crippen MR) is 105 cm³/mol. The molecular formula is C22H25BrO7. The molecule has 7 aliphatic rings. The molecule has 8 heteroatoms. The zero-order valence-electron chi connectivity index (χ0n) is 17.4. The van der Waals surface area contributed by atoms with Crippen LogP contribution in [0.25, 0.3) is 0 Å². The van der Waals surface area contributed by atoms with E-state index in [4.69, 9.17) is 23.7 Å². The highest BCUT2D eigenvalue weighted by Gasteiger charge is 3.02. The topological polar surface area (TPSA) is 90.2 Å². The van der Waals surface area contributed by atoms with Gasteiger partial charge in [-0.05, 0) is 24.3 Å². The first kappa shape index (κ1) is 18.6. The Balaban J connectivity index is 1.41. The van der Waals surface area contributed by atoms with Crippen LogP contribution in [0.4, 0.5) is 0 Å². The molecule has 0 radical (unpaired) electrons. The maximum absolute atomic E-state index is 12.3. The molecule has 3 saturated heterocycles. The SMILES string of the molecule is CC(=O)O[C@@H]1[C@@]2(C(C)C)O[C@H]2[C@@H]2O[C@]23[C@]12O[C@H]2[C@@H](Br)C1C2=C(CC[C@@]13C)C(=O)OC2. The summed E-state index contributed by atoms with van der Waals surface area (Å²) in [6, 6.07) is 0. The fourth-order valence-corrected chi connectivity index (χ4v) is 9.44. The Morgan fingerprint density at radius 3 is 2.67 bits per heavy atom. The predicted octanol–water partition coefficient (Wildman–Crippen LogP) is 2.05. The van der Waals surface area contributed by atoms with E-state index in [1.54, 1.807) is 0 Å². The van der Waals surface area contributed by atoms with Gasteiger partial charge >= 0.3 is 11.9 Å². The summed E-state index contributed by atoms with van der Waals surface area (Å²) in [6.07, 6.45) is 0.622. The second-order valence-electron chi connectivity index (χ2n) is 10.6. The lowest BCUT2D eigenvalue weighted by Gasteiger charge is -2.55. The minimum Gasteiger partial charge on any atom is -0.458 e. The first-order chi connectivity index (χ1) is 14.2. The molecule has 0 aromatic heterocycles. The van der Waals surface area contributed by atoms with Crippen molar-refractivity contribution in [2.24, 2.45) is 17.3 Å². The number of epoxide rings is 3. The first-order valence-electron chi connectivity index (χ1n) is 10.9. The Morgan fingerprint density at radius 2 is 1.97 bits per heavy atom. The molecule has 7 nitrogen and oxygen atoms in total. The Bertz CT molecular complexity index is 961. The van der Waals surface area contributed by atoms with E-state index in [0.29, 0.717) is 13.0 Å². The monoisotopic (exact) mass is 480 g/mol. The van der Waals surface area contributed by atoms with Gasteiger partial charge in [-0.1, -0.05) is 36.7 Å². The van der Waals surface area contributed by atoms with Crippen LogP contribution >= 0.6 is 15.9 Å². The smallest absolute Gasteiger partial charge is 0.334 e. The van der Waals surface area contributed by atoms with Gasteiger partial charge in [0.2, 0.25) is 0 Å². The van der Waals surface area contributed by atoms with Crippen molar-refractivity contribution < 1.29 is 33.3 Å². The van der Waals surface area contributed by atoms with Gasteiger partial charge in [0.15, 0.2) is 11.7 Å². The number of alkyl halides is 1. The summed E-state index contributed by atoms with van der Waals surface area (Å²) >= 11 is 3.95. The number of carbonyl (C=O) groups is 2. The molecular weight excluding hydrogens is 456 g/mol. The fraction of sp³-hybridized carbons (Fsp3) is 0.818. The number of halogens is 1. The third-order valence-electron chi connectivity index (χ3n) is 9.31. The number of hydrogen-bond acceptors (Lipinski definition) is 7. The molecule has 162 valence electrons. The third-order valence-corrected chi connectivity index (χ3v) is 10.3. The summed E-state index contributed by atoms with van der Waals surface area (Å²) in [5.74, 6) is -0.276. The van der Waals surface area contributed by atoms with Gasteiger partial charge in [-0.25, -0.2) is 4.79 Å². The van der Waals surface area contributed by atoms with E-state index in [2.05, 4.69) is 36.7 Å². The molecule has 3 aliphatic carbocycles. The molecule has 10 atom stereocenters. The Morgan fingerprint density at radius 1 is 1.20 bits per heavy atom. The van der Waals surface area contributed by atoms with E-state index >= 15 is 0 Å². The average Bonchev–Trinajstić information content (AvgIpc) is 3.55. The molecule has 0 aromatic rings. The van der Waals surface area contributed by atoms with Crippen molar-refractivity contribution in [3.05, 3.63) is 11.1 Å². The van der Waals surface area contributed by atoms with Crippen LogP contribution in [-0.2, 0) is 33.3 Å². The molecule has 0 N–H and O–H groups in total. The van der Waals surface area contributed by atoms with E-state index in [-0.39, 0.29) is 52.3 Å². The second kappa shape index (κ2) is 5.00. The largest absolute Gasteiger partial charge is 0.458 e. The van der Waals surface area contributed by atoms with Crippen LogP contribution in [0.2, 0.25) is 0 Å². The van der Waals surface area contributed by atoms with Crippen LogP contribution in [0.5, 0.6) is 0 Å². The first-order valence-corrected chi connectivity index (χ1v) is 11.8. The lowest BCUT2D eigenvalue weighted by Crippen LogP contribution is -2.71. The highest BCUT2D eigenvalue weighted by atomic mass is 79.9. The van der Waals surface area contributed by atoms with Crippen LogP contribution < -0.4 is 0 Å². The molecule has 30 heavy (non-hydrogen) atoms. The summed E-state index contributed by atoms with van der Waals surface area (Å²) in [5.41, 5.74) is -0.226. The quantitative estimate of drug-likeness (QED) is 0.339. The van der Waals surface area contributed by atoms with Gasteiger partial charge in [0.25, 0.3) is 0 Å². The van der Waals surface area contributed by atoms with E-state index in [9.17, 15) is 9.59 Å². The van der Waals surface area contributed by atoms with Gasteiger partial charge in [0.05, 0.1) is 4.83 Å². The maximum atomic E-state index is 12.3. The molecule has 2 saturated carbocycles. The van der Waals surface area contributed by atoms with E-state index in [0.717, 1.165) is 17.6 Å². The lowest BCUT2D eigenvalue weighted by atomic mass is 9.46. The summed E-state index contributed by atoms with van der Waals surface area (Å²) < 4.78 is 31.0. The molecule has 0 amide bonds. The van der Waals surface area contributed by atoms with Crippen molar-refractivity contribution >= 4 is 27.9 Å². The van der Waals surface area contributed by atoms with Gasteiger partial charge in [-0.2, -0.15) is 0 Å². The number of ether oxygens (including phenoxy) is 5. The third kappa shape index (κ3) is 1.60. The molecule has 4 heterocycles. The van der Waals surface area contributed by atoms with Gasteiger partial charge in [0, 0.05) is 23.8 Å². The van der Waals surface area contributed by atoms with Crippen molar-refractivity contribution in [2.75, 3.05) is 6.61 Å². The number of carbonyl (C=O) groups excluding carboxylic acids is 2. The molecule has 1 unspecified atom stereocenters. The van der Waals surface area contributed by atoms with E-state index in [1.165, 1.54) is 6.92 Å². The zero-order valence-corrected chi connectivity index (χ0v) is 19.0. The van der Waals surface area contributed by atoms with Gasteiger partial charge in [-0.3, -0.25) is 4.79 Å². The number of cyclic esters (lactones) is 1. The number of hydrogen-bond donors (Lipinski definition) is 0. The normalized spacial score (nSPS) is 58.5. The minimum absolute atomic E-state index is 0.0182. The summed E-state index contributed by atoms with van der Waals surface area (Å²) in [5, 5.41) is 0. The second-order valence-corrected chi connectivity index (χ2v) is 11.6. The number of fused-ring (bicyclic) bond motifs is 4. The van der Waals surface area contributed by atoms with Crippen LogP contribution in [0.15, 0.2) is 11.1 Å². The highest BCUT2D eigenvalue weighted by molar-refractivity contribution is 9.09. The van der Waals surface area contributed by atoms with Crippen LogP contribution in [0.1, 0.15) is 40.5 Å². The van der Waals surface area contributed by atoms with Crippen molar-refractivity contribution in [2.45, 2.75) is 86.6 Å². The summed E-state index contributed by atoms with van der Waals surface area (Å²) in [4.78, 5) is 24.4. The van der Waals surface area contributed by atoms with Crippen LogP contribution in [-0.4, -0.2) is 64.6 Å². The molecule has 7 rings (SSSR count). The zero-order chi connectivity index (χ0) is 21.0. The standard InChI is InChI=1S/C22H25BrO7/c1-8(2)20-15(28-20)16-22(30-16)19(4)6-5-10-11(7-26-17(10)25)12(19)13(23)14-21(22,29-14)18(20)27-9(3)24/h8,12-16,18H,5-7H2,1-4H3/t12?,13-,14-,15-,16-,18+,19-,20-,21+,22+/m0/s1. The summed E-state index contributed by atoms with van der Waals surface area (Å²) in [6.45, 7) is 8.27. The maximum Gasteiger partial charge on any atom is 0.334 e. The Hall–Kier alpha value is -0.960. The van der Waals surface area contributed by atoms with Gasteiger partial charge in [-0.15, -0.1) is 0 Å². The molecule has 5 fully saturated rings. The molecule has 0 aromatic carbocycles. The number of esters is 2.